The van der Waals surface area contributed by atoms with Crippen LogP contribution in [0.1, 0.15) is 29.9 Å². The first-order valence-electron chi connectivity index (χ1n) is 10.9. The lowest BCUT2D eigenvalue weighted by atomic mass is 10.1. The van der Waals surface area contributed by atoms with Gasteiger partial charge in [-0.05, 0) is 42.3 Å². The van der Waals surface area contributed by atoms with Crippen LogP contribution in [0.5, 0.6) is 11.5 Å². The molecule has 0 aliphatic rings. The number of hydrogen-bond donors (Lipinski definition) is 1. The van der Waals surface area contributed by atoms with E-state index in [2.05, 4.69) is 15.1 Å². The van der Waals surface area contributed by atoms with Gasteiger partial charge in [0.1, 0.15) is 10.7 Å². The van der Waals surface area contributed by atoms with Crippen molar-refractivity contribution in [3.05, 3.63) is 88.2 Å². The molecule has 1 atom stereocenters. The van der Waals surface area contributed by atoms with Crippen LogP contribution in [0.25, 0.3) is 11.3 Å². The molecule has 2 aromatic carbocycles. The lowest BCUT2D eigenvalue weighted by molar-refractivity contribution is 0.354. The predicted octanol–water partition coefficient (Wildman–Crippen LogP) is 6.51. The number of H-pyrrole nitrogens is 1. The summed E-state index contributed by atoms with van der Waals surface area (Å²) in [5, 5.41) is 4.22. The summed E-state index contributed by atoms with van der Waals surface area (Å²) in [5.41, 5.74) is 1.61. The lowest BCUT2D eigenvalue weighted by Gasteiger charge is -2.40. The average Bonchev–Trinajstić information content (AvgIpc) is 3.32. The Labute approximate surface area is 208 Å². The predicted molar refractivity (Wildman–Crippen MR) is 130 cm³/mol. The number of ether oxygens (including phenoxy) is 2. The fourth-order valence-electron chi connectivity index (χ4n) is 3.76. The molecule has 4 rings (SSSR count). The monoisotopic (exact) mass is 542 g/mol. The second-order valence-corrected chi connectivity index (χ2v) is 10.8. The summed E-state index contributed by atoms with van der Waals surface area (Å²) >= 11 is 0. The van der Waals surface area contributed by atoms with Gasteiger partial charge in [-0.2, -0.15) is 5.10 Å². The van der Waals surface area contributed by atoms with Crippen LogP contribution < -0.4 is 15.0 Å². The third kappa shape index (κ3) is 5.93. The first-order valence-corrected chi connectivity index (χ1v) is 12.8. The molecular formula is C24H23F5N4O3S. The maximum absolute atomic E-state index is 13.0. The molecule has 0 aliphatic heterocycles. The first-order chi connectivity index (χ1) is 17.2. The molecule has 7 nitrogen and oxygen atoms in total. The fraction of sp³-hybridized carbons (Fsp3) is 0.208. The Hall–Kier alpha value is -3.87. The molecule has 0 radical (unpaired) electrons. The zero-order chi connectivity index (χ0) is 27.1. The maximum atomic E-state index is 13.0. The highest BCUT2D eigenvalue weighted by atomic mass is 32.5. The van der Waals surface area contributed by atoms with E-state index < -0.39 is 21.2 Å². The van der Waals surface area contributed by atoms with Crippen molar-refractivity contribution in [1.29, 1.82) is 0 Å². The zero-order valence-corrected chi connectivity index (χ0v) is 20.7. The zero-order valence-electron chi connectivity index (χ0n) is 19.9. The number of aromatic amines is 1. The highest BCUT2D eigenvalue weighted by Gasteiger charge is 2.65. The summed E-state index contributed by atoms with van der Waals surface area (Å²) in [6.45, 7) is 1.65. The standard InChI is InChI=1S/C24H23F5N4O3S/c1-15(17-5-7-19(8-6-17)37(25,26,27,28)29)33-14-18(13-30-33)20-12-24(34)32-23(31-20)11-16-4-9-21(35-2)22(10-16)36-3/h4-10,12-15H,11H2,1-3H3,(H,31,32,34)/t15-/m1/s1. The van der Waals surface area contributed by atoms with Crippen LogP contribution in [0.3, 0.4) is 0 Å². The van der Waals surface area contributed by atoms with E-state index >= 15 is 0 Å². The molecular weight excluding hydrogens is 519 g/mol. The van der Waals surface area contributed by atoms with E-state index in [0.29, 0.717) is 52.7 Å². The minimum atomic E-state index is -9.75. The van der Waals surface area contributed by atoms with E-state index in [1.807, 2.05) is 6.07 Å². The quantitative estimate of drug-likeness (QED) is 0.257. The van der Waals surface area contributed by atoms with E-state index in [1.165, 1.54) is 31.2 Å². The van der Waals surface area contributed by atoms with Crippen molar-refractivity contribution in [2.75, 3.05) is 14.2 Å². The Morgan fingerprint density at radius 3 is 2.27 bits per heavy atom. The van der Waals surface area contributed by atoms with Crippen molar-refractivity contribution in [3.63, 3.8) is 0 Å². The number of hydrogen-bond acceptors (Lipinski definition) is 5. The van der Waals surface area contributed by atoms with Crippen molar-refractivity contribution < 1.29 is 28.9 Å². The summed E-state index contributed by atoms with van der Waals surface area (Å²) in [5.74, 6) is 1.48. The summed E-state index contributed by atoms with van der Waals surface area (Å²) in [4.78, 5) is 17.6. The number of aromatic nitrogens is 4. The van der Waals surface area contributed by atoms with Crippen molar-refractivity contribution in [2.45, 2.75) is 24.3 Å². The van der Waals surface area contributed by atoms with E-state index in [-0.39, 0.29) is 5.56 Å². The highest BCUT2D eigenvalue weighted by Crippen LogP contribution is 3.02. The molecule has 198 valence electrons. The number of rotatable bonds is 8. The third-order valence-electron chi connectivity index (χ3n) is 5.71. The van der Waals surface area contributed by atoms with Gasteiger partial charge in [-0.25, -0.2) is 4.98 Å². The Morgan fingerprint density at radius 1 is 0.973 bits per heavy atom. The molecule has 0 amide bonds. The van der Waals surface area contributed by atoms with Gasteiger partial charge in [0.05, 0.1) is 32.2 Å². The lowest BCUT2D eigenvalue weighted by Crippen LogP contribution is -2.11. The number of nitrogens with one attached hydrogen (secondary N) is 1. The van der Waals surface area contributed by atoms with Gasteiger partial charge in [0.2, 0.25) is 0 Å². The van der Waals surface area contributed by atoms with Gasteiger partial charge in [0, 0.05) is 24.2 Å². The van der Waals surface area contributed by atoms with Gasteiger partial charge in [-0.3, -0.25) is 9.48 Å². The molecule has 0 fully saturated rings. The van der Waals surface area contributed by atoms with Gasteiger partial charge >= 0.3 is 10.2 Å². The topological polar surface area (TPSA) is 82.0 Å². The molecule has 0 aliphatic carbocycles. The largest absolute Gasteiger partial charge is 0.493 e. The van der Waals surface area contributed by atoms with Crippen molar-refractivity contribution in [2.24, 2.45) is 0 Å². The number of methoxy groups -OCH3 is 2. The van der Waals surface area contributed by atoms with Gasteiger partial charge in [0.15, 0.2) is 11.5 Å². The van der Waals surface area contributed by atoms with Crippen LogP contribution in [-0.2, 0) is 6.42 Å². The first kappa shape index (κ1) is 26.2. The summed E-state index contributed by atoms with van der Waals surface area (Å²) in [7, 11) is -6.71. The van der Waals surface area contributed by atoms with E-state index in [9.17, 15) is 24.2 Å². The molecule has 2 aromatic heterocycles. The van der Waals surface area contributed by atoms with Crippen molar-refractivity contribution in [3.8, 4) is 22.8 Å². The molecule has 4 aromatic rings. The molecule has 2 heterocycles. The summed E-state index contributed by atoms with van der Waals surface area (Å²) in [6, 6.07) is 8.78. The molecule has 1 N–H and O–H groups in total. The Bertz CT molecular complexity index is 1500. The van der Waals surface area contributed by atoms with Gasteiger partial charge in [-0.15, -0.1) is 0 Å². The smallest absolute Gasteiger partial charge is 0.310 e. The van der Waals surface area contributed by atoms with E-state index in [1.54, 1.807) is 25.3 Å². The van der Waals surface area contributed by atoms with Crippen LogP contribution in [0, 0.1) is 0 Å². The molecule has 0 unspecified atom stereocenters. The van der Waals surface area contributed by atoms with Gasteiger partial charge in [0.25, 0.3) is 5.56 Å². The number of halogens is 5. The molecule has 0 spiro atoms. The average molecular weight is 543 g/mol. The highest BCUT2D eigenvalue weighted by molar-refractivity contribution is 8.45. The third-order valence-corrected chi connectivity index (χ3v) is 6.88. The molecule has 13 heteroatoms. The second kappa shape index (κ2) is 8.61. The molecule has 0 bridgehead atoms. The SMILES string of the molecule is COc1ccc(Cc2nc(-c3cnn([C@H](C)c4ccc(S(F)(F)(F)(F)F)cc4)c3)cc(=O)[nH]2)cc1OC. The van der Waals surface area contributed by atoms with Crippen LogP contribution in [0.15, 0.2) is 70.6 Å². The van der Waals surface area contributed by atoms with Crippen LogP contribution in [0.2, 0.25) is 0 Å². The van der Waals surface area contributed by atoms with Crippen molar-refractivity contribution >= 4 is 10.2 Å². The van der Waals surface area contributed by atoms with Gasteiger partial charge in [-0.1, -0.05) is 37.6 Å². The van der Waals surface area contributed by atoms with E-state index in [4.69, 9.17) is 9.47 Å². The minimum Gasteiger partial charge on any atom is -0.493 e. The van der Waals surface area contributed by atoms with Crippen molar-refractivity contribution in [1.82, 2.24) is 19.7 Å². The Morgan fingerprint density at radius 2 is 1.65 bits per heavy atom. The number of nitrogens with zero attached hydrogens (tertiary/aromatic N) is 3. The van der Waals surface area contributed by atoms with Crippen LogP contribution >= 0.6 is 10.2 Å². The molecule has 37 heavy (non-hydrogen) atoms. The summed E-state index contributed by atoms with van der Waals surface area (Å²) < 4.78 is 77.0. The van der Waals surface area contributed by atoms with E-state index in [0.717, 1.165) is 17.7 Å². The minimum absolute atomic E-state index is 0.298. The Kier molecular flexibility index (Phi) is 6.10. The second-order valence-electron chi connectivity index (χ2n) is 8.37. The molecule has 0 saturated heterocycles. The van der Waals surface area contributed by atoms with Crippen LogP contribution in [-0.4, -0.2) is 34.0 Å². The maximum Gasteiger partial charge on any atom is 0.310 e. The summed E-state index contributed by atoms with van der Waals surface area (Å²) in [6.07, 6.45) is 3.33. The Balaban J connectivity index is 1.58. The van der Waals surface area contributed by atoms with Crippen LogP contribution in [0.4, 0.5) is 19.4 Å². The fourth-order valence-corrected chi connectivity index (χ4v) is 4.41. The normalized spacial score (nSPS) is 14.5. The number of benzene rings is 2. The van der Waals surface area contributed by atoms with Gasteiger partial charge < -0.3 is 14.5 Å². The molecule has 0 saturated carbocycles.